The second-order valence-electron chi connectivity index (χ2n) is 19.6. The average molecular weight is 1160 g/mol. The molecule has 438 valence electrons. The minimum atomic E-state index is -5.29. The zero-order valence-electron chi connectivity index (χ0n) is 41.9. The van der Waals surface area contributed by atoms with Crippen molar-refractivity contribution < 1.29 is 120 Å². The summed E-state index contributed by atoms with van der Waals surface area (Å²) in [5.41, 5.74) is -2.43. The number of hydrogen-bond acceptors (Lipinski definition) is 25. The molecule has 5 rings (SSSR count). The quantitative estimate of drug-likeness (QED) is 0.0287. The number of aromatic nitrogens is 3. The summed E-state index contributed by atoms with van der Waals surface area (Å²) in [7, 11) is -15.9. The number of ketones is 1. The van der Waals surface area contributed by atoms with Crippen LogP contribution in [0.4, 0.5) is 0 Å². The van der Waals surface area contributed by atoms with Crippen LogP contribution in [0.25, 0.3) is 0 Å². The molecule has 4 fully saturated rings. The molecule has 0 spiro atoms. The predicted octanol–water partition coefficient (Wildman–Crippen LogP) is -2.70. The average Bonchev–Trinajstić information content (AvgIpc) is 3.82. The molecule has 34 heteroatoms. The first-order chi connectivity index (χ1) is 35.5. The lowest BCUT2D eigenvalue weighted by Gasteiger charge is -2.49. The van der Waals surface area contributed by atoms with Crippen molar-refractivity contribution in [2.45, 2.75) is 183 Å². The SMILES string of the molecule is CCC1CC(C(=O)CCCNCc2cn(C(COS(=O)(=O)O)(COS(=O)(=O)O)COS(=O)(=O)O)nn2)C[C@@H](O[C@@H]2O[C@@H](CO)[C@H](O)C(O[C@@H](CC3CCCCC3)C(=O)O)C2NC(C)=O)[C@@H]1O[C@@H]1OC(C)[C@@H](O)[C@H](O)C1O. The van der Waals surface area contributed by atoms with Crippen LogP contribution in [0.1, 0.15) is 97.1 Å². The largest absolute Gasteiger partial charge is 0.479 e. The standard InChI is InChI=1S/C42H71N5O26S3/c1-4-25-14-26(28(50)11-8-12-43-16-27-17-47(46-45-27)42(19-66-74(57,58)59,20-67-75(60,61)62)21-68-76(63,64)65)15-29(37(25)73-41-36(54)35(53)33(51)22(2)69-41)71-40-32(44-23(3)49)38(34(52)31(18-48)72-40)70-30(39(55)56)13-24-9-6-5-7-10-24/h17,22,24-26,29-38,40-41,43,48,51-54H,4-16,18-21H2,1-3H3,(H,44,49)(H,55,56)(H,57,58,59)(H,60,61,62)(H,63,64,65)/t22?,25?,26?,29-,30+,31+,32?,33-,34+,35+,36?,37-,38?,40-,41+/m1/s1. The Morgan fingerprint density at radius 3 is 2.01 bits per heavy atom. The number of aliphatic carboxylic acids is 1. The van der Waals surface area contributed by atoms with Gasteiger partial charge in [-0.3, -0.25) is 23.2 Å². The molecule has 2 saturated carbocycles. The smallest absolute Gasteiger partial charge is 0.397 e. The number of carboxylic acids is 1. The molecule has 1 amide bonds. The summed E-state index contributed by atoms with van der Waals surface area (Å²) in [5, 5.41) is 77.6. The van der Waals surface area contributed by atoms with Crippen LogP contribution < -0.4 is 10.6 Å². The van der Waals surface area contributed by atoms with E-state index >= 15 is 0 Å². The molecule has 1 aromatic rings. The summed E-state index contributed by atoms with van der Waals surface area (Å²) in [5.74, 6) is -3.47. The van der Waals surface area contributed by atoms with Gasteiger partial charge in [0.25, 0.3) is 0 Å². The van der Waals surface area contributed by atoms with Gasteiger partial charge in [0.15, 0.2) is 18.7 Å². The van der Waals surface area contributed by atoms with Gasteiger partial charge in [0, 0.05) is 25.8 Å². The number of aliphatic hydroxyl groups excluding tert-OH is 5. The van der Waals surface area contributed by atoms with Gasteiger partial charge in [-0.2, -0.15) is 25.3 Å². The van der Waals surface area contributed by atoms with Gasteiger partial charge in [-0.15, -0.1) is 5.10 Å². The number of amides is 1. The van der Waals surface area contributed by atoms with Gasteiger partial charge in [-0.05, 0) is 51.0 Å². The fourth-order valence-electron chi connectivity index (χ4n) is 9.92. The number of carbonyl (C=O) groups excluding carboxylic acids is 2. The number of nitrogens with zero attached hydrogens (tertiary/aromatic N) is 3. The van der Waals surface area contributed by atoms with Crippen molar-refractivity contribution in [3.8, 4) is 0 Å². The number of carbonyl (C=O) groups is 3. The minimum Gasteiger partial charge on any atom is -0.479 e. The fraction of sp³-hybridized carbons (Fsp3) is 0.881. The van der Waals surface area contributed by atoms with E-state index in [4.69, 9.17) is 23.7 Å². The molecule has 31 nitrogen and oxygen atoms in total. The number of rotatable bonds is 29. The van der Waals surface area contributed by atoms with Crippen molar-refractivity contribution in [2.24, 2.45) is 17.8 Å². The molecule has 3 heterocycles. The topological polar surface area (TPSA) is 464 Å². The Hall–Kier alpha value is -3.08. The summed E-state index contributed by atoms with van der Waals surface area (Å²) >= 11 is 0. The zero-order chi connectivity index (χ0) is 56.3. The van der Waals surface area contributed by atoms with Gasteiger partial charge in [-0.25, -0.2) is 22.0 Å². The molecule has 0 radical (unpaired) electrons. The first-order valence-corrected chi connectivity index (χ1v) is 28.7. The third-order valence-electron chi connectivity index (χ3n) is 14.0. The highest BCUT2D eigenvalue weighted by atomic mass is 32.3. The molecule has 6 unspecified atom stereocenters. The molecule has 11 N–H and O–H groups in total. The van der Waals surface area contributed by atoms with E-state index in [0.29, 0.717) is 11.1 Å². The zero-order valence-corrected chi connectivity index (χ0v) is 44.3. The van der Waals surface area contributed by atoms with Crippen LogP contribution in [-0.2, 0) is 93.9 Å². The van der Waals surface area contributed by atoms with E-state index in [0.717, 1.165) is 38.3 Å². The molecular weight excluding hydrogens is 1090 g/mol. The molecule has 0 aromatic carbocycles. The highest BCUT2D eigenvalue weighted by Gasteiger charge is 2.53. The molecular formula is C42H71N5O26S3. The summed E-state index contributed by atoms with van der Waals surface area (Å²) in [6, 6.07) is -1.40. The van der Waals surface area contributed by atoms with Gasteiger partial charge in [-0.1, -0.05) is 50.7 Å². The Labute approximate surface area is 439 Å². The van der Waals surface area contributed by atoms with Crippen LogP contribution in [0.2, 0.25) is 0 Å². The first kappa shape index (κ1) is 63.7. The molecule has 15 atom stereocenters. The van der Waals surface area contributed by atoms with Crippen LogP contribution in [0.15, 0.2) is 6.20 Å². The maximum atomic E-state index is 14.1. The monoisotopic (exact) mass is 1160 g/mol. The molecule has 76 heavy (non-hydrogen) atoms. The van der Waals surface area contributed by atoms with Crippen molar-refractivity contribution in [3.05, 3.63) is 11.9 Å². The van der Waals surface area contributed by atoms with E-state index in [2.05, 4.69) is 33.5 Å². The van der Waals surface area contributed by atoms with Gasteiger partial charge in [0.1, 0.15) is 54.0 Å². The third-order valence-corrected chi connectivity index (χ3v) is 15.2. The maximum Gasteiger partial charge on any atom is 0.397 e. The Kier molecular flexibility index (Phi) is 23.4. The summed E-state index contributed by atoms with van der Waals surface area (Å²) in [6.45, 7) is -0.397. The van der Waals surface area contributed by atoms with Crippen molar-refractivity contribution in [2.75, 3.05) is 33.0 Å². The lowest BCUT2D eigenvalue weighted by atomic mass is 9.74. The number of Topliss-reactive ketones (excluding diaryl/α,β-unsaturated/α-hetero) is 1. The lowest BCUT2D eigenvalue weighted by molar-refractivity contribution is -0.338. The lowest BCUT2D eigenvalue weighted by Crippen LogP contribution is -2.67. The van der Waals surface area contributed by atoms with Gasteiger partial charge < -0.3 is 65.0 Å². The van der Waals surface area contributed by atoms with Crippen LogP contribution in [-0.4, -0.2) is 215 Å². The number of ether oxygens (including phenoxy) is 5. The molecule has 2 aliphatic heterocycles. The maximum absolute atomic E-state index is 14.1. The second kappa shape index (κ2) is 27.9. The van der Waals surface area contributed by atoms with Crippen LogP contribution in [0, 0.1) is 17.8 Å². The van der Waals surface area contributed by atoms with Crippen LogP contribution >= 0.6 is 0 Å². The summed E-state index contributed by atoms with van der Waals surface area (Å²) in [4.78, 5) is 39.6. The van der Waals surface area contributed by atoms with E-state index in [1.165, 1.54) is 13.8 Å². The fourth-order valence-corrected chi connectivity index (χ4v) is 11.0. The van der Waals surface area contributed by atoms with Crippen LogP contribution in [0.5, 0.6) is 0 Å². The second-order valence-corrected chi connectivity index (χ2v) is 22.9. The Balaban J connectivity index is 1.35. The number of aliphatic hydroxyl groups is 5. The van der Waals surface area contributed by atoms with E-state index in [-0.39, 0.29) is 62.6 Å². The number of nitrogens with one attached hydrogen (secondary N) is 2. The number of hydrogen-bond donors (Lipinski definition) is 11. The number of carboxylic acid groups (broad SMARTS) is 1. The Bertz CT molecular complexity index is 2310. The summed E-state index contributed by atoms with van der Waals surface area (Å²) < 4.78 is 141. The van der Waals surface area contributed by atoms with Crippen molar-refractivity contribution in [3.63, 3.8) is 0 Å². The van der Waals surface area contributed by atoms with E-state index < -0.39 is 167 Å². The van der Waals surface area contributed by atoms with Crippen molar-refractivity contribution in [1.29, 1.82) is 0 Å². The van der Waals surface area contributed by atoms with E-state index in [1.54, 1.807) is 6.92 Å². The van der Waals surface area contributed by atoms with Gasteiger partial charge in [0.2, 0.25) is 5.91 Å². The summed E-state index contributed by atoms with van der Waals surface area (Å²) in [6.07, 6.45) is -11.2. The third kappa shape index (κ3) is 18.5. The van der Waals surface area contributed by atoms with Crippen molar-refractivity contribution in [1.82, 2.24) is 25.6 Å². The Morgan fingerprint density at radius 2 is 1.46 bits per heavy atom. The van der Waals surface area contributed by atoms with E-state index in [9.17, 15) is 83.9 Å². The van der Waals surface area contributed by atoms with Crippen molar-refractivity contribution >= 4 is 48.9 Å². The Morgan fingerprint density at radius 1 is 0.842 bits per heavy atom. The molecule has 1 aromatic heterocycles. The normalized spacial score (nSPS) is 31.7. The minimum absolute atomic E-state index is 0.0119. The highest BCUT2D eigenvalue weighted by molar-refractivity contribution is 7.81. The van der Waals surface area contributed by atoms with Crippen LogP contribution in [0.3, 0.4) is 0 Å². The molecule has 0 bridgehead atoms. The predicted molar refractivity (Wildman–Crippen MR) is 252 cm³/mol. The molecule has 2 aliphatic carbocycles. The van der Waals surface area contributed by atoms with E-state index in [1.807, 2.05) is 0 Å². The molecule has 4 aliphatic rings. The highest BCUT2D eigenvalue weighted by Crippen LogP contribution is 2.41. The first-order valence-electron chi connectivity index (χ1n) is 24.6. The molecule has 2 saturated heterocycles. The van der Waals surface area contributed by atoms with Gasteiger partial charge >= 0.3 is 37.2 Å². The van der Waals surface area contributed by atoms with Gasteiger partial charge in [0.05, 0.1) is 56.6 Å².